The van der Waals surface area contributed by atoms with Gasteiger partial charge in [-0.1, -0.05) is 67.1 Å². The van der Waals surface area contributed by atoms with Crippen LogP contribution in [0.1, 0.15) is 41.3 Å². The average molecular weight is 453 g/mol. The second-order valence-corrected chi connectivity index (χ2v) is 8.01. The minimum atomic E-state index is -0.988. The number of carbonyl (C=O) groups is 1. The highest BCUT2D eigenvalue weighted by Gasteiger charge is 2.17. The molecule has 0 bridgehead atoms. The normalized spacial score (nSPS) is 12.0. The Balaban J connectivity index is 1.96. The Hall–Kier alpha value is -4.07. The lowest BCUT2D eigenvalue weighted by Crippen LogP contribution is -1.98. The van der Waals surface area contributed by atoms with Crippen molar-refractivity contribution >= 4 is 45.7 Å². The summed E-state index contributed by atoms with van der Waals surface area (Å²) < 4.78 is 0. The van der Waals surface area contributed by atoms with Gasteiger partial charge >= 0.3 is 5.97 Å². The Morgan fingerprint density at radius 2 is 1.85 bits per heavy atom. The molecule has 3 aromatic carbocycles. The molecule has 0 amide bonds. The zero-order chi connectivity index (χ0) is 23.4. The van der Waals surface area contributed by atoms with Crippen molar-refractivity contribution in [3.05, 3.63) is 112 Å². The predicted octanol–water partition coefficient (Wildman–Crippen LogP) is 7.16. The first-order chi connectivity index (χ1) is 16.0. The first-order valence-electron chi connectivity index (χ1n) is 10.5. The number of rotatable bonds is 6. The number of hydrogen-bond donors (Lipinski definition) is 2. The predicted molar refractivity (Wildman–Crippen MR) is 134 cm³/mol. The molecule has 0 aliphatic carbocycles. The summed E-state index contributed by atoms with van der Waals surface area (Å²) in [5.74, 6) is -0.988. The second-order valence-electron chi connectivity index (χ2n) is 7.57. The Bertz CT molecular complexity index is 1400. The van der Waals surface area contributed by atoms with Gasteiger partial charge in [-0.3, -0.25) is 0 Å². The van der Waals surface area contributed by atoms with Crippen LogP contribution in [-0.4, -0.2) is 16.1 Å². The van der Waals surface area contributed by atoms with Crippen LogP contribution in [0.25, 0.3) is 28.1 Å². The molecule has 2 N–H and O–H groups in total. The summed E-state index contributed by atoms with van der Waals surface area (Å²) in [6.45, 7) is 2.07. The number of aromatic amines is 1. The summed E-state index contributed by atoms with van der Waals surface area (Å²) in [6, 6.07) is 25.6. The van der Waals surface area contributed by atoms with Gasteiger partial charge in [-0.2, -0.15) is 5.26 Å². The van der Waals surface area contributed by atoms with E-state index >= 15 is 0 Å². The molecule has 0 saturated heterocycles. The van der Waals surface area contributed by atoms with Crippen LogP contribution in [0.2, 0.25) is 5.02 Å². The van der Waals surface area contributed by atoms with Crippen molar-refractivity contribution in [3.63, 3.8) is 0 Å². The highest BCUT2D eigenvalue weighted by molar-refractivity contribution is 6.30. The number of hydrogen-bond acceptors (Lipinski definition) is 2. The lowest BCUT2D eigenvalue weighted by atomic mass is 9.88. The summed E-state index contributed by atoms with van der Waals surface area (Å²) in [5, 5.41) is 20.3. The van der Waals surface area contributed by atoms with Crippen LogP contribution < -0.4 is 0 Å². The van der Waals surface area contributed by atoms with E-state index in [-0.39, 0.29) is 0 Å². The van der Waals surface area contributed by atoms with Crippen molar-refractivity contribution in [1.82, 2.24) is 4.98 Å². The average Bonchev–Trinajstić information content (AvgIpc) is 3.25. The summed E-state index contributed by atoms with van der Waals surface area (Å²) in [7, 11) is 0. The van der Waals surface area contributed by atoms with Crippen LogP contribution in [-0.2, 0) is 4.79 Å². The van der Waals surface area contributed by atoms with Crippen molar-refractivity contribution in [2.75, 3.05) is 0 Å². The molecule has 1 heterocycles. The van der Waals surface area contributed by atoms with Crippen molar-refractivity contribution in [2.24, 2.45) is 0 Å². The van der Waals surface area contributed by atoms with Gasteiger partial charge in [-0.25, -0.2) is 4.79 Å². The molecular weight excluding hydrogens is 432 g/mol. The van der Waals surface area contributed by atoms with Crippen LogP contribution in [0.15, 0.2) is 78.9 Å². The number of nitrogens with one attached hydrogen (secondary N) is 1. The van der Waals surface area contributed by atoms with Gasteiger partial charge in [0.05, 0.1) is 11.6 Å². The molecule has 1 aromatic heterocycles. The first kappa shape index (κ1) is 22.1. The molecule has 33 heavy (non-hydrogen) atoms. The van der Waals surface area contributed by atoms with E-state index in [1.54, 1.807) is 18.2 Å². The van der Waals surface area contributed by atoms with Crippen LogP contribution in [0, 0.1) is 11.3 Å². The quantitative estimate of drug-likeness (QED) is 0.240. The minimum Gasteiger partial charge on any atom is -0.478 e. The number of nitrogens with zero attached hydrogens (tertiary/aromatic N) is 1. The fraction of sp³-hybridized carbons (Fsp3) is 0.0714. The van der Waals surface area contributed by atoms with Gasteiger partial charge in [-0.15, -0.1) is 0 Å². The minimum absolute atomic E-state index is 0.521. The number of benzene rings is 3. The molecule has 0 unspecified atom stereocenters. The van der Waals surface area contributed by atoms with E-state index in [0.717, 1.165) is 50.5 Å². The third-order valence-electron chi connectivity index (χ3n) is 5.50. The molecule has 0 radical (unpaired) electrons. The number of allylic oxidation sites excluding steroid dienone is 1. The topological polar surface area (TPSA) is 76.9 Å². The zero-order valence-electron chi connectivity index (χ0n) is 18.0. The van der Waals surface area contributed by atoms with Crippen molar-refractivity contribution in [2.45, 2.75) is 13.3 Å². The monoisotopic (exact) mass is 452 g/mol. The summed E-state index contributed by atoms with van der Waals surface area (Å²) in [6.07, 6.45) is 3.38. The van der Waals surface area contributed by atoms with Gasteiger partial charge in [-0.05, 0) is 59.0 Å². The number of fused-ring (bicyclic) bond motifs is 1. The number of H-pyrrole nitrogens is 1. The number of aromatic nitrogens is 1. The number of halogens is 1. The van der Waals surface area contributed by atoms with E-state index in [0.29, 0.717) is 17.0 Å². The molecule has 162 valence electrons. The molecule has 5 heteroatoms. The van der Waals surface area contributed by atoms with Gasteiger partial charge in [0.2, 0.25) is 0 Å². The van der Waals surface area contributed by atoms with Gasteiger partial charge < -0.3 is 10.1 Å². The number of para-hydroxylation sites is 1. The van der Waals surface area contributed by atoms with Crippen molar-refractivity contribution in [1.29, 1.82) is 5.26 Å². The Morgan fingerprint density at radius 1 is 1.09 bits per heavy atom. The Labute approximate surface area is 197 Å². The van der Waals surface area contributed by atoms with E-state index in [9.17, 15) is 10.1 Å². The van der Waals surface area contributed by atoms with E-state index < -0.39 is 5.97 Å². The fourth-order valence-corrected chi connectivity index (χ4v) is 4.17. The van der Waals surface area contributed by atoms with Gasteiger partial charge in [0, 0.05) is 33.3 Å². The number of nitriles is 1. The van der Waals surface area contributed by atoms with E-state index in [2.05, 4.69) is 30.1 Å². The molecule has 0 aliphatic heterocycles. The SMILES string of the molecule is CC/C(=C(/c1ccc(/C=C/C(=O)O)cc1)c1cc2ccccc2[nH]1)c1ccc(Cl)cc1C#N. The van der Waals surface area contributed by atoms with Crippen LogP contribution in [0.4, 0.5) is 0 Å². The lowest BCUT2D eigenvalue weighted by Gasteiger charge is -2.16. The second kappa shape index (κ2) is 9.60. The van der Waals surface area contributed by atoms with E-state index in [1.165, 1.54) is 0 Å². The van der Waals surface area contributed by atoms with Crippen molar-refractivity contribution in [3.8, 4) is 6.07 Å². The summed E-state index contributed by atoms with van der Waals surface area (Å²) in [4.78, 5) is 14.4. The molecule has 4 nitrogen and oxygen atoms in total. The fourth-order valence-electron chi connectivity index (χ4n) is 4.00. The van der Waals surface area contributed by atoms with Crippen LogP contribution >= 0.6 is 11.6 Å². The molecule has 4 rings (SSSR count). The molecule has 0 fully saturated rings. The Morgan fingerprint density at radius 3 is 2.52 bits per heavy atom. The van der Waals surface area contributed by atoms with E-state index in [1.807, 2.05) is 48.5 Å². The third-order valence-corrected chi connectivity index (χ3v) is 5.73. The smallest absolute Gasteiger partial charge is 0.328 e. The van der Waals surface area contributed by atoms with Crippen LogP contribution in [0.5, 0.6) is 0 Å². The highest BCUT2D eigenvalue weighted by atomic mass is 35.5. The third kappa shape index (κ3) is 4.74. The first-order valence-corrected chi connectivity index (χ1v) is 10.9. The maximum atomic E-state index is 10.9. The molecule has 4 aromatic rings. The number of aliphatic carboxylic acids is 1. The highest BCUT2D eigenvalue weighted by Crippen LogP contribution is 2.37. The van der Waals surface area contributed by atoms with Gasteiger partial charge in [0.15, 0.2) is 0 Å². The molecular formula is C28H21ClN2O2. The number of carboxylic acids is 1. The van der Waals surface area contributed by atoms with Crippen LogP contribution in [0.3, 0.4) is 0 Å². The number of carboxylic acid groups (broad SMARTS) is 1. The maximum Gasteiger partial charge on any atom is 0.328 e. The van der Waals surface area contributed by atoms with Gasteiger partial charge in [0.1, 0.15) is 0 Å². The van der Waals surface area contributed by atoms with Gasteiger partial charge in [0.25, 0.3) is 0 Å². The molecule has 0 saturated carbocycles. The maximum absolute atomic E-state index is 10.9. The molecule has 0 spiro atoms. The Kier molecular flexibility index (Phi) is 6.44. The lowest BCUT2D eigenvalue weighted by molar-refractivity contribution is -0.131. The van der Waals surface area contributed by atoms with Crippen molar-refractivity contribution < 1.29 is 9.90 Å². The standard InChI is InChI=1S/C28H21ClN2O2/c1-2-23(24-13-12-22(29)15-21(24)17-30)28(26-16-20-5-3-4-6-25(20)31-26)19-10-7-18(8-11-19)9-14-27(32)33/h3-16,31H,2H2,1H3,(H,32,33)/b14-9+,28-23+. The largest absolute Gasteiger partial charge is 0.478 e. The molecule has 0 atom stereocenters. The summed E-state index contributed by atoms with van der Waals surface area (Å²) in [5.41, 5.74) is 7.09. The zero-order valence-corrected chi connectivity index (χ0v) is 18.7. The molecule has 0 aliphatic rings. The summed E-state index contributed by atoms with van der Waals surface area (Å²) >= 11 is 6.16. The van der Waals surface area contributed by atoms with E-state index in [4.69, 9.17) is 16.7 Å².